The van der Waals surface area contributed by atoms with Crippen molar-refractivity contribution in [2.75, 3.05) is 7.11 Å². The number of esters is 1. The van der Waals surface area contributed by atoms with Crippen LogP contribution in [0.25, 0.3) is 10.9 Å². The third-order valence-electron chi connectivity index (χ3n) is 2.44. The van der Waals surface area contributed by atoms with E-state index in [-0.39, 0.29) is 16.6 Å². The minimum Gasteiger partial charge on any atom is -0.465 e. The molecular weight excluding hydrogens is 240 g/mol. The number of fused-ring (bicyclic) bond motifs is 1. The molecule has 0 saturated carbocycles. The fourth-order valence-electron chi connectivity index (χ4n) is 1.63. The maximum atomic E-state index is 11.5. The van der Waals surface area contributed by atoms with E-state index in [1.807, 2.05) is 0 Å². The van der Waals surface area contributed by atoms with Crippen LogP contribution in [0.1, 0.15) is 10.4 Å². The predicted octanol–water partition coefficient (Wildman–Crippen LogP) is 1.22. The van der Waals surface area contributed by atoms with Gasteiger partial charge in [0.25, 0.3) is 5.69 Å². The lowest BCUT2D eigenvalue weighted by Crippen LogP contribution is -2.11. The third kappa shape index (κ3) is 1.93. The SMILES string of the molecule is COC(=O)c1cc(=O)[nH]c2ccc([N+](=O)[O-])cc12. The summed E-state index contributed by atoms with van der Waals surface area (Å²) >= 11 is 0. The Bertz CT molecular complexity index is 704. The van der Waals surface area contributed by atoms with Gasteiger partial charge in [0.15, 0.2) is 0 Å². The van der Waals surface area contributed by atoms with E-state index in [1.165, 1.54) is 25.3 Å². The van der Waals surface area contributed by atoms with Gasteiger partial charge in [0, 0.05) is 29.1 Å². The first-order valence-corrected chi connectivity index (χ1v) is 4.92. The fraction of sp³-hybridized carbons (Fsp3) is 0.0909. The standard InChI is InChI=1S/C11H8N2O5/c1-18-11(15)8-5-10(14)12-9-3-2-6(13(16)17)4-7(8)9/h2-5H,1H3,(H,12,14). The summed E-state index contributed by atoms with van der Waals surface area (Å²) in [5.41, 5.74) is -0.301. The molecule has 0 aliphatic heterocycles. The van der Waals surface area contributed by atoms with Gasteiger partial charge in [0.2, 0.25) is 5.56 Å². The first kappa shape index (κ1) is 11.8. The van der Waals surface area contributed by atoms with Gasteiger partial charge >= 0.3 is 5.97 Å². The van der Waals surface area contributed by atoms with Crippen molar-refractivity contribution in [1.29, 1.82) is 0 Å². The van der Waals surface area contributed by atoms with Crippen LogP contribution in [0.15, 0.2) is 29.1 Å². The smallest absolute Gasteiger partial charge is 0.338 e. The maximum Gasteiger partial charge on any atom is 0.338 e. The average molecular weight is 248 g/mol. The van der Waals surface area contributed by atoms with Crippen LogP contribution in [0.2, 0.25) is 0 Å². The lowest BCUT2D eigenvalue weighted by atomic mass is 10.1. The number of nitro benzene ring substituents is 1. The molecule has 0 bridgehead atoms. The normalized spacial score (nSPS) is 10.3. The van der Waals surface area contributed by atoms with Crippen LogP contribution in [0, 0.1) is 10.1 Å². The number of benzene rings is 1. The Balaban J connectivity index is 2.82. The van der Waals surface area contributed by atoms with Crippen LogP contribution >= 0.6 is 0 Å². The second-order valence-corrected chi connectivity index (χ2v) is 3.53. The lowest BCUT2D eigenvalue weighted by molar-refractivity contribution is -0.384. The van der Waals surface area contributed by atoms with Crippen LogP contribution in [0.4, 0.5) is 5.69 Å². The molecule has 7 heteroatoms. The van der Waals surface area contributed by atoms with E-state index in [4.69, 9.17) is 0 Å². The van der Waals surface area contributed by atoms with Crippen LogP contribution in [-0.4, -0.2) is 23.0 Å². The molecule has 0 radical (unpaired) electrons. The van der Waals surface area contributed by atoms with Gasteiger partial charge in [-0.2, -0.15) is 0 Å². The molecule has 0 fully saturated rings. The zero-order chi connectivity index (χ0) is 13.3. The molecule has 7 nitrogen and oxygen atoms in total. The zero-order valence-corrected chi connectivity index (χ0v) is 9.30. The van der Waals surface area contributed by atoms with Gasteiger partial charge in [-0.05, 0) is 6.07 Å². The Hall–Kier alpha value is -2.70. The van der Waals surface area contributed by atoms with Gasteiger partial charge in [-0.25, -0.2) is 4.79 Å². The molecule has 0 unspecified atom stereocenters. The molecule has 2 aromatic rings. The Kier molecular flexibility index (Phi) is 2.80. The number of carbonyl (C=O) groups is 1. The number of methoxy groups -OCH3 is 1. The van der Waals surface area contributed by atoms with Gasteiger partial charge in [0.05, 0.1) is 17.6 Å². The first-order chi connectivity index (χ1) is 8.52. The molecule has 1 heterocycles. The van der Waals surface area contributed by atoms with Crippen molar-refractivity contribution in [2.45, 2.75) is 0 Å². The van der Waals surface area contributed by atoms with Crippen LogP contribution in [-0.2, 0) is 4.74 Å². The summed E-state index contributed by atoms with van der Waals surface area (Å²) in [6, 6.07) is 4.90. The Morgan fingerprint density at radius 3 is 2.72 bits per heavy atom. The number of nitro groups is 1. The molecule has 0 amide bonds. The van der Waals surface area contributed by atoms with Crippen LogP contribution in [0.5, 0.6) is 0 Å². The number of H-pyrrole nitrogens is 1. The summed E-state index contributed by atoms with van der Waals surface area (Å²) < 4.78 is 4.54. The predicted molar refractivity (Wildman–Crippen MR) is 62.6 cm³/mol. The average Bonchev–Trinajstić information content (AvgIpc) is 2.36. The molecule has 0 aliphatic rings. The molecule has 2 rings (SSSR count). The van der Waals surface area contributed by atoms with Gasteiger partial charge in [-0.3, -0.25) is 14.9 Å². The number of non-ortho nitro benzene ring substituents is 1. The lowest BCUT2D eigenvalue weighted by Gasteiger charge is -2.04. The quantitative estimate of drug-likeness (QED) is 0.489. The largest absolute Gasteiger partial charge is 0.465 e. The Morgan fingerprint density at radius 2 is 2.11 bits per heavy atom. The Morgan fingerprint density at radius 1 is 1.39 bits per heavy atom. The van der Waals surface area contributed by atoms with Crippen molar-refractivity contribution in [3.63, 3.8) is 0 Å². The summed E-state index contributed by atoms with van der Waals surface area (Å²) in [7, 11) is 1.17. The Labute approximate surface area is 100 Å². The number of nitrogens with zero attached hydrogens (tertiary/aromatic N) is 1. The molecule has 18 heavy (non-hydrogen) atoms. The van der Waals surface area contributed by atoms with Crippen molar-refractivity contribution in [2.24, 2.45) is 0 Å². The number of hydrogen-bond donors (Lipinski definition) is 1. The highest BCUT2D eigenvalue weighted by Crippen LogP contribution is 2.21. The number of nitrogens with one attached hydrogen (secondary N) is 1. The highest BCUT2D eigenvalue weighted by atomic mass is 16.6. The second-order valence-electron chi connectivity index (χ2n) is 3.53. The zero-order valence-electron chi connectivity index (χ0n) is 9.30. The van der Waals surface area contributed by atoms with E-state index < -0.39 is 16.5 Å². The van der Waals surface area contributed by atoms with E-state index in [2.05, 4.69) is 9.72 Å². The van der Waals surface area contributed by atoms with Gasteiger partial charge in [-0.1, -0.05) is 0 Å². The highest BCUT2D eigenvalue weighted by Gasteiger charge is 2.15. The number of pyridine rings is 1. The summed E-state index contributed by atoms with van der Waals surface area (Å²) in [6.07, 6.45) is 0. The molecule has 0 atom stereocenters. The number of carbonyl (C=O) groups excluding carboxylic acids is 1. The number of hydrogen-bond acceptors (Lipinski definition) is 5. The molecule has 1 aromatic carbocycles. The monoisotopic (exact) mass is 248 g/mol. The third-order valence-corrected chi connectivity index (χ3v) is 2.44. The van der Waals surface area contributed by atoms with Crippen molar-refractivity contribution >= 4 is 22.6 Å². The molecule has 1 N–H and O–H groups in total. The van der Waals surface area contributed by atoms with Crippen molar-refractivity contribution < 1.29 is 14.5 Å². The first-order valence-electron chi connectivity index (χ1n) is 4.92. The summed E-state index contributed by atoms with van der Waals surface area (Å²) in [5, 5.41) is 11.0. The molecule has 1 aromatic heterocycles. The molecule has 0 saturated heterocycles. The molecule has 92 valence electrons. The van der Waals surface area contributed by atoms with E-state index in [0.29, 0.717) is 5.52 Å². The highest BCUT2D eigenvalue weighted by molar-refractivity contribution is 6.03. The van der Waals surface area contributed by atoms with Gasteiger partial charge in [-0.15, -0.1) is 0 Å². The second kappa shape index (κ2) is 4.28. The van der Waals surface area contributed by atoms with Crippen LogP contribution in [0.3, 0.4) is 0 Å². The van der Waals surface area contributed by atoms with Crippen LogP contribution < -0.4 is 5.56 Å². The molecule has 0 spiro atoms. The van der Waals surface area contributed by atoms with Crippen molar-refractivity contribution in [3.8, 4) is 0 Å². The van der Waals surface area contributed by atoms with E-state index in [0.717, 1.165) is 6.07 Å². The minimum atomic E-state index is -0.716. The topological polar surface area (TPSA) is 102 Å². The van der Waals surface area contributed by atoms with E-state index in [1.54, 1.807) is 0 Å². The summed E-state index contributed by atoms with van der Waals surface area (Å²) in [5.74, 6) is -0.716. The molecule has 0 aliphatic carbocycles. The maximum absolute atomic E-state index is 11.5. The number of aromatic amines is 1. The van der Waals surface area contributed by atoms with E-state index in [9.17, 15) is 19.7 Å². The summed E-state index contributed by atoms with van der Waals surface area (Å²) in [6.45, 7) is 0. The van der Waals surface area contributed by atoms with Gasteiger partial charge < -0.3 is 9.72 Å². The van der Waals surface area contributed by atoms with E-state index >= 15 is 0 Å². The number of ether oxygens (including phenoxy) is 1. The van der Waals surface area contributed by atoms with Crippen molar-refractivity contribution in [1.82, 2.24) is 4.98 Å². The minimum absolute atomic E-state index is 0.0000463. The fourth-order valence-corrected chi connectivity index (χ4v) is 1.63. The number of aromatic nitrogens is 1. The molecular formula is C11H8N2O5. The van der Waals surface area contributed by atoms with Crippen molar-refractivity contribution in [3.05, 3.63) is 50.3 Å². The number of rotatable bonds is 2. The summed E-state index contributed by atoms with van der Waals surface area (Å²) in [4.78, 5) is 35.5. The van der Waals surface area contributed by atoms with Gasteiger partial charge in [0.1, 0.15) is 0 Å².